The summed E-state index contributed by atoms with van der Waals surface area (Å²) in [4.78, 5) is 20.0. The Bertz CT molecular complexity index is 1330. The van der Waals surface area contributed by atoms with Crippen LogP contribution in [0.4, 0.5) is 10.5 Å². The number of aliphatic hydroxyl groups excluding tert-OH is 1. The molecule has 7 nitrogen and oxygen atoms in total. The minimum absolute atomic E-state index is 0.0123. The van der Waals surface area contributed by atoms with E-state index in [1.54, 1.807) is 7.11 Å². The number of hydrogen-bond acceptors (Lipinski definition) is 5. The van der Waals surface area contributed by atoms with E-state index in [4.69, 9.17) is 4.74 Å². The Hall–Kier alpha value is -3.83. The second-order valence-electron chi connectivity index (χ2n) is 10.8. The fourth-order valence-corrected chi connectivity index (χ4v) is 5.86. The number of carbonyl (C=O) groups excluding carboxylic acids is 1. The SMILES string of the molecule is COc1ccc(NC(=O)N2CCC(N(C)C)CN3[C@H](CO)C(c4ccc(C#Cc5ccccc5)cc4)[C@@H]3C2)cc1. The van der Waals surface area contributed by atoms with Gasteiger partial charge in [0.05, 0.1) is 13.7 Å². The molecule has 2 heterocycles. The number of aliphatic hydroxyl groups is 1. The Labute approximate surface area is 237 Å². The van der Waals surface area contributed by atoms with Crippen LogP contribution in [-0.2, 0) is 0 Å². The number of benzene rings is 3. The minimum Gasteiger partial charge on any atom is -0.497 e. The molecule has 2 aliphatic heterocycles. The maximum absolute atomic E-state index is 13.5. The minimum atomic E-state index is -0.109. The molecule has 3 aromatic rings. The quantitative estimate of drug-likeness (QED) is 0.479. The third-order valence-electron chi connectivity index (χ3n) is 8.21. The monoisotopic (exact) mass is 538 g/mol. The molecule has 2 amide bonds. The third kappa shape index (κ3) is 6.15. The van der Waals surface area contributed by atoms with E-state index in [1.807, 2.05) is 59.5 Å². The lowest BCUT2D eigenvalue weighted by Crippen LogP contribution is -2.70. The summed E-state index contributed by atoms with van der Waals surface area (Å²) >= 11 is 0. The summed E-state index contributed by atoms with van der Waals surface area (Å²) in [7, 11) is 5.80. The molecule has 0 spiro atoms. The van der Waals surface area contributed by atoms with Crippen LogP contribution in [0.25, 0.3) is 0 Å². The van der Waals surface area contributed by atoms with Crippen LogP contribution in [0, 0.1) is 11.8 Å². The van der Waals surface area contributed by atoms with Crippen molar-refractivity contribution in [3.05, 3.63) is 95.6 Å². The van der Waals surface area contributed by atoms with Crippen LogP contribution in [0.15, 0.2) is 78.9 Å². The Morgan fingerprint density at radius 2 is 1.65 bits per heavy atom. The molecular formula is C33H38N4O3. The topological polar surface area (TPSA) is 68.3 Å². The normalized spacial score (nSPS) is 22.7. The third-order valence-corrected chi connectivity index (χ3v) is 8.21. The van der Waals surface area contributed by atoms with Crippen LogP contribution in [0.5, 0.6) is 5.75 Å². The number of nitrogens with one attached hydrogen (secondary N) is 1. The number of hydrogen-bond donors (Lipinski definition) is 2. The Balaban J connectivity index is 1.36. The zero-order valence-corrected chi connectivity index (χ0v) is 23.5. The first kappa shape index (κ1) is 27.7. The van der Waals surface area contributed by atoms with E-state index in [1.165, 1.54) is 5.56 Å². The summed E-state index contributed by atoms with van der Waals surface area (Å²) in [5, 5.41) is 13.5. The van der Waals surface area contributed by atoms with Gasteiger partial charge in [0.1, 0.15) is 5.75 Å². The van der Waals surface area contributed by atoms with Gasteiger partial charge in [0.25, 0.3) is 0 Å². The number of urea groups is 1. The van der Waals surface area contributed by atoms with Crippen LogP contribution < -0.4 is 10.1 Å². The van der Waals surface area contributed by atoms with Crippen LogP contribution >= 0.6 is 0 Å². The number of nitrogens with zero attached hydrogens (tertiary/aromatic N) is 3. The highest BCUT2D eigenvalue weighted by molar-refractivity contribution is 5.89. The van der Waals surface area contributed by atoms with Gasteiger partial charge in [0, 0.05) is 60.5 Å². The van der Waals surface area contributed by atoms with Gasteiger partial charge in [0.2, 0.25) is 0 Å². The van der Waals surface area contributed by atoms with Gasteiger partial charge in [-0.3, -0.25) is 4.90 Å². The molecule has 2 aliphatic rings. The fraction of sp³-hybridized carbons (Fsp3) is 0.364. The molecule has 2 fully saturated rings. The molecule has 2 saturated heterocycles. The average Bonchev–Trinajstić information content (AvgIpc) is 2.96. The van der Waals surface area contributed by atoms with E-state index in [0.717, 1.165) is 35.5 Å². The van der Waals surface area contributed by atoms with Gasteiger partial charge in [-0.25, -0.2) is 4.79 Å². The maximum Gasteiger partial charge on any atom is 0.321 e. The summed E-state index contributed by atoms with van der Waals surface area (Å²) in [6.45, 7) is 2.21. The molecule has 2 N–H and O–H groups in total. The Kier molecular flexibility index (Phi) is 8.71. The molecule has 0 aromatic heterocycles. The van der Waals surface area contributed by atoms with Crippen molar-refractivity contribution in [1.29, 1.82) is 0 Å². The number of fused-ring (bicyclic) bond motifs is 1. The second-order valence-corrected chi connectivity index (χ2v) is 10.8. The highest BCUT2D eigenvalue weighted by atomic mass is 16.5. The zero-order valence-electron chi connectivity index (χ0n) is 23.5. The van der Waals surface area contributed by atoms with Crippen molar-refractivity contribution in [2.45, 2.75) is 30.5 Å². The van der Waals surface area contributed by atoms with Gasteiger partial charge in [-0.2, -0.15) is 0 Å². The summed E-state index contributed by atoms with van der Waals surface area (Å²) in [5.41, 5.74) is 3.84. The van der Waals surface area contributed by atoms with Crippen molar-refractivity contribution in [1.82, 2.24) is 14.7 Å². The van der Waals surface area contributed by atoms with Crippen LogP contribution in [0.2, 0.25) is 0 Å². The molecule has 4 atom stereocenters. The van der Waals surface area contributed by atoms with Gasteiger partial charge in [-0.05, 0) is 74.6 Å². The first-order valence-electron chi connectivity index (χ1n) is 13.9. The van der Waals surface area contributed by atoms with E-state index in [9.17, 15) is 9.90 Å². The van der Waals surface area contributed by atoms with E-state index in [-0.39, 0.29) is 36.7 Å². The van der Waals surface area contributed by atoms with Crippen molar-refractivity contribution >= 4 is 11.7 Å². The van der Waals surface area contributed by atoms with Crippen molar-refractivity contribution < 1.29 is 14.6 Å². The first-order chi connectivity index (χ1) is 19.5. The van der Waals surface area contributed by atoms with Crippen molar-refractivity contribution in [3.63, 3.8) is 0 Å². The summed E-state index contributed by atoms with van der Waals surface area (Å²) in [5.74, 6) is 7.34. The van der Waals surface area contributed by atoms with Crippen molar-refractivity contribution in [2.75, 3.05) is 52.8 Å². The van der Waals surface area contributed by atoms with Crippen molar-refractivity contribution in [3.8, 4) is 17.6 Å². The van der Waals surface area contributed by atoms with Crippen LogP contribution in [-0.4, -0.2) is 91.4 Å². The first-order valence-corrected chi connectivity index (χ1v) is 13.9. The second kappa shape index (κ2) is 12.6. The standard InChI is InChI=1S/C33H38N4O3/c1-35(2)28-19-20-36(33(39)34-27-15-17-29(40-3)18-16-27)22-30-32(31(23-38)37(30)21-28)26-13-11-25(12-14-26)10-9-24-7-5-4-6-8-24/h4-8,11-18,28,30-32,38H,19-23H2,1-3H3,(H,34,39)/t28?,30-,31+,32?/m0/s1. The molecule has 7 heteroatoms. The average molecular weight is 539 g/mol. The Morgan fingerprint density at radius 1 is 0.975 bits per heavy atom. The number of ether oxygens (including phenoxy) is 1. The zero-order chi connectivity index (χ0) is 28.1. The number of carbonyl (C=O) groups is 1. The summed E-state index contributed by atoms with van der Waals surface area (Å²) in [6.07, 6.45) is 0.865. The summed E-state index contributed by atoms with van der Waals surface area (Å²) in [6, 6.07) is 26.0. The van der Waals surface area contributed by atoms with E-state index >= 15 is 0 Å². The highest BCUT2D eigenvalue weighted by Crippen LogP contribution is 2.42. The molecule has 0 radical (unpaired) electrons. The molecule has 0 bridgehead atoms. The van der Waals surface area contributed by atoms with Crippen molar-refractivity contribution in [2.24, 2.45) is 0 Å². The fourth-order valence-electron chi connectivity index (χ4n) is 5.86. The van der Waals surface area contributed by atoms with Gasteiger partial charge in [-0.1, -0.05) is 42.2 Å². The Morgan fingerprint density at radius 3 is 2.27 bits per heavy atom. The van der Waals surface area contributed by atoms with E-state index in [0.29, 0.717) is 13.1 Å². The molecule has 5 rings (SSSR count). The maximum atomic E-state index is 13.5. The van der Waals surface area contributed by atoms with E-state index in [2.05, 4.69) is 65.3 Å². The van der Waals surface area contributed by atoms with Gasteiger partial charge in [0.15, 0.2) is 0 Å². The predicted octanol–water partition coefficient (Wildman–Crippen LogP) is 4.09. The van der Waals surface area contributed by atoms with Gasteiger partial charge < -0.3 is 25.0 Å². The molecule has 3 aromatic carbocycles. The molecule has 208 valence electrons. The highest BCUT2D eigenvalue weighted by Gasteiger charge is 2.50. The van der Waals surface area contributed by atoms with E-state index < -0.39 is 0 Å². The van der Waals surface area contributed by atoms with Crippen LogP contribution in [0.3, 0.4) is 0 Å². The summed E-state index contributed by atoms with van der Waals surface area (Å²) < 4.78 is 5.24. The van der Waals surface area contributed by atoms with Gasteiger partial charge in [-0.15, -0.1) is 0 Å². The molecule has 40 heavy (non-hydrogen) atoms. The largest absolute Gasteiger partial charge is 0.497 e. The number of methoxy groups -OCH3 is 1. The number of amides is 2. The van der Waals surface area contributed by atoms with Gasteiger partial charge >= 0.3 is 6.03 Å². The smallest absolute Gasteiger partial charge is 0.321 e. The number of rotatable bonds is 5. The molecular weight excluding hydrogens is 500 g/mol. The molecule has 0 saturated carbocycles. The van der Waals surface area contributed by atoms with Crippen LogP contribution in [0.1, 0.15) is 29.0 Å². The number of likely N-dealkylation sites (N-methyl/N-ethyl adjacent to an activating group) is 1. The predicted molar refractivity (Wildman–Crippen MR) is 159 cm³/mol. The number of anilines is 1. The lowest BCUT2D eigenvalue weighted by atomic mass is 9.74. The lowest BCUT2D eigenvalue weighted by molar-refractivity contribution is -0.0723. The molecule has 0 aliphatic carbocycles. The molecule has 2 unspecified atom stereocenters. The lowest BCUT2D eigenvalue weighted by Gasteiger charge is -2.58.